The van der Waals surface area contributed by atoms with Crippen molar-refractivity contribution in [3.63, 3.8) is 0 Å². The Morgan fingerprint density at radius 1 is 1.12 bits per heavy atom. The molecule has 26 heavy (non-hydrogen) atoms. The van der Waals surface area contributed by atoms with E-state index >= 15 is 0 Å². The molecule has 0 saturated carbocycles. The maximum Gasteiger partial charge on any atom is 0.224 e. The number of hydrogen-bond acceptors (Lipinski definition) is 3. The molecule has 0 spiro atoms. The minimum absolute atomic E-state index is 0.203. The number of carbonyl (C=O) groups is 1. The number of benzene rings is 1. The molecule has 1 atom stereocenters. The van der Waals surface area contributed by atoms with Crippen LogP contribution in [0.1, 0.15) is 38.7 Å². The fraction of sp³-hybridized carbons (Fsp3) is 0.667. The summed E-state index contributed by atoms with van der Waals surface area (Å²) in [5.41, 5.74) is 0.998. The average molecular weight is 362 g/mol. The van der Waals surface area contributed by atoms with Crippen molar-refractivity contribution in [2.75, 3.05) is 33.2 Å². The van der Waals surface area contributed by atoms with Gasteiger partial charge in [0.2, 0.25) is 5.91 Å². The van der Waals surface area contributed by atoms with E-state index in [2.05, 4.69) is 30.7 Å². The van der Waals surface area contributed by atoms with Gasteiger partial charge in [-0.25, -0.2) is 4.39 Å². The quantitative estimate of drug-likeness (QED) is 0.825. The molecule has 0 N–H and O–H groups in total. The standard InChI is InChI=1S/C21H32FN3O/c1-16(2)20-15-24(19-8-11-23(3)12-9-19)13-10-21(26)25(20)14-17-4-6-18(22)7-5-17/h4-7,16,19-20H,8-15H2,1-3H3. The van der Waals surface area contributed by atoms with Crippen LogP contribution >= 0.6 is 0 Å². The van der Waals surface area contributed by atoms with Crippen molar-refractivity contribution in [2.45, 2.75) is 51.7 Å². The fourth-order valence-electron chi connectivity index (χ4n) is 4.25. The van der Waals surface area contributed by atoms with Crippen molar-refractivity contribution in [2.24, 2.45) is 5.92 Å². The predicted octanol–water partition coefficient (Wildman–Crippen LogP) is 2.98. The molecular weight excluding hydrogens is 329 g/mol. The Morgan fingerprint density at radius 2 is 1.77 bits per heavy atom. The van der Waals surface area contributed by atoms with Gasteiger partial charge in [0, 0.05) is 38.1 Å². The first kappa shape index (κ1) is 19.3. The number of halogens is 1. The van der Waals surface area contributed by atoms with E-state index in [-0.39, 0.29) is 17.8 Å². The van der Waals surface area contributed by atoms with Gasteiger partial charge in [0.1, 0.15) is 5.82 Å². The first-order chi connectivity index (χ1) is 12.4. The molecule has 0 aliphatic carbocycles. The highest BCUT2D eigenvalue weighted by atomic mass is 19.1. The van der Waals surface area contributed by atoms with Gasteiger partial charge in [0.25, 0.3) is 0 Å². The number of rotatable bonds is 4. The summed E-state index contributed by atoms with van der Waals surface area (Å²) in [6, 6.07) is 7.33. The Hall–Kier alpha value is -1.46. The van der Waals surface area contributed by atoms with Gasteiger partial charge in [-0.05, 0) is 56.6 Å². The summed E-state index contributed by atoms with van der Waals surface area (Å²) in [7, 11) is 2.18. The van der Waals surface area contributed by atoms with Crippen molar-refractivity contribution < 1.29 is 9.18 Å². The van der Waals surface area contributed by atoms with Gasteiger partial charge in [-0.2, -0.15) is 0 Å². The summed E-state index contributed by atoms with van der Waals surface area (Å²) >= 11 is 0. The van der Waals surface area contributed by atoms with E-state index in [9.17, 15) is 9.18 Å². The second kappa shape index (κ2) is 8.49. The van der Waals surface area contributed by atoms with Crippen molar-refractivity contribution in [1.82, 2.24) is 14.7 Å². The summed E-state index contributed by atoms with van der Waals surface area (Å²) in [5, 5.41) is 0. The predicted molar refractivity (Wildman–Crippen MR) is 102 cm³/mol. The molecule has 1 aromatic rings. The highest BCUT2D eigenvalue weighted by molar-refractivity contribution is 5.77. The third-order valence-electron chi connectivity index (χ3n) is 6.00. The van der Waals surface area contributed by atoms with Crippen LogP contribution in [0.4, 0.5) is 4.39 Å². The summed E-state index contributed by atoms with van der Waals surface area (Å²) in [6.07, 6.45) is 2.96. The van der Waals surface area contributed by atoms with Gasteiger partial charge in [0.15, 0.2) is 0 Å². The van der Waals surface area contributed by atoms with Crippen molar-refractivity contribution >= 4 is 5.91 Å². The lowest BCUT2D eigenvalue weighted by Crippen LogP contribution is -2.50. The summed E-state index contributed by atoms with van der Waals surface area (Å²) in [6.45, 7) is 9.06. The number of likely N-dealkylation sites (tertiary alicyclic amines) is 1. The average Bonchev–Trinajstić information content (AvgIpc) is 2.78. The van der Waals surface area contributed by atoms with Gasteiger partial charge in [-0.15, -0.1) is 0 Å². The maximum atomic E-state index is 13.2. The van der Waals surface area contributed by atoms with Gasteiger partial charge in [-0.1, -0.05) is 26.0 Å². The molecule has 2 aliphatic heterocycles. The van der Waals surface area contributed by atoms with Crippen molar-refractivity contribution in [3.8, 4) is 0 Å². The molecule has 4 nitrogen and oxygen atoms in total. The molecular formula is C21H32FN3O. The van der Waals surface area contributed by atoms with Crippen molar-refractivity contribution in [1.29, 1.82) is 0 Å². The number of amides is 1. The molecule has 0 radical (unpaired) electrons. The van der Waals surface area contributed by atoms with Crippen LogP contribution in [0.2, 0.25) is 0 Å². The molecule has 5 heteroatoms. The zero-order chi connectivity index (χ0) is 18.7. The Labute approximate surface area is 157 Å². The molecule has 0 bridgehead atoms. The lowest BCUT2D eigenvalue weighted by molar-refractivity contribution is -0.134. The van der Waals surface area contributed by atoms with Crippen LogP contribution in [0.15, 0.2) is 24.3 Å². The minimum Gasteiger partial charge on any atom is -0.334 e. The second-order valence-electron chi connectivity index (χ2n) is 8.24. The Kier molecular flexibility index (Phi) is 6.30. The zero-order valence-electron chi connectivity index (χ0n) is 16.3. The van der Waals surface area contributed by atoms with Crippen LogP contribution in [0.3, 0.4) is 0 Å². The third kappa shape index (κ3) is 4.63. The number of hydrogen-bond donors (Lipinski definition) is 0. The smallest absolute Gasteiger partial charge is 0.224 e. The van der Waals surface area contributed by atoms with E-state index < -0.39 is 0 Å². The van der Waals surface area contributed by atoms with E-state index in [4.69, 9.17) is 0 Å². The largest absolute Gasteiger partial charge is 0.334 e. The van der Waals surface area contributed by atoms with E-state index in [1.165, 1.54) is 25.0 Å². The SMILES string of the molecule is CC(C)C1CN(C2CCN(C)CC2)CCC(=O)N1Cc1ccc(F)cc1. The molecule has 1 aromatic carbocycles. The number of piperidine rings is 1. The van der Waals surface area contributed by atoms with Crippen LogP contribution in [0, 0.1) is 11.7 Å². The van der Waals surface area contributed by atoms with Crippen LogP contribution < -0.4 is 0 Å². The van der Waals surface area contributed by atoms with Crippen LogP contribution in [-0.2, 0) is 11.3 Å². The summed E-state index contributed by atoms with van der Waals surface area (Å²) in [4.78, 5) is 19.9. The minimum atomic E-state index is -0.232. The molecule has 2 fully saturated rings. The van der Waals surface area contributed by atoms with E-state index in [0.29, 0.717) is 24.9 Å². The first-order valence-corrected chi connectivity index (χ1v) is 9.90. The molecule has 3 rings (SSSR count). The molecule has 1 amide bonds. The highest BCUT2D eigenvalue weighted by Crippen LogP contribution is 2.25. The lowest BCUT2D eigenvalue weighted by Gasteiger charge is -2.40. The lowest BCUT2D eigenvalue weighted by atomic mass is 9.98. The summed E-state index contributed by atoms with van der Waals surface area (Å²) in [5.74, 6) is 0.388. The maximum absolute atomic E-state index is 13.2. The van der Waals surface area contributed by atoms with Crippen LogP contribution in [-0.4, -0.2) is 65.9 Å². The highest BCUT2D eigenvalue weighted by Gasteiger charge is 2.34. The number of carbonyl (C=O) groups excluding carboxylic acids is 1. The molecule has 0 aromatic heterocycles. The first-order valence-electron chi connectivity index (χ1n) is 9.90. The van der Waals surface area contributed by atoms with Crippen LogP contribution in [0.5, 0.6) is 0 Å². The van der Waals surface area contributed by atoms with Gasteiger partial charge < -0.3 is 9.80 Å². The van der Waals surface area contributed by atoms with E-state index in [0.717, 1.165) is 31.7 Å². The second-order valence-corrected chi connectivity index (χ2v) is 8.24. The Morgan fingerprint density at radius 3 is 2.38 bits per heavy atom. The van der Waals surface area contributed by atoms with E-state index in [1.807, 2.05) is 4.90 Å². The molecule has 2 heterocycles. The topological polar surface area (TPSA) is 26.8 Å². The van der Waals surface area contributed by atoms with Gasteiger partial charge in [0.05, 0.1) is 0 Å². The molecule has 1 unspecified atom stereocenters. The third-order valence-corrected chi connectivity index (χ3v) is 6.00. The zero-order valence-corrected chi connectivity index (χ0v) is 16.3. The van der Waals surface area contributed by atoms with Crippen molar-refractivity contribution in [3.05, 3.63) is 35.6 Å². The van der Waals surface area contributed by atoms with Crippen LogP contribution in [0.25, 0.3) is 0 Å². The molecule has 144 valence electrons. The molecule has 2 aliphatic rings. The van der Waals surface area contributed by atoms with Gasteiger partial charge in [-0.3, -0.25) is 9.69 Å². The monoisotopic (exact) mass is 361 g/mol. The number of nitrogens with zero attached hydrogens (tertiary/aromatic N) is 3. The summed E-state index contributed by atoms with van der Waals surface area (Å²) < 4.78 is 13.2. The van der Waals surface area contributed by atoms with E-state index in [1.54, 1.807) is 12.1 Å². The molecule has 2 saturated heterocycles. The van der Waals surface area contributed by atoms with Gasteiger partial charge >= 0.3 is 0 Å². The Bertz CT molecular complexity index is 596. The fourth-order valence-corrected chi connectivity index (χ4v) is 4.25. The normalized spacial score (nSPS) is 24.3. The Balaban J connectivity index is 1.74.